The summed E-state index contributed by atoms with van der Waals surface area (Å²) in [6.07, 6.45) is 0. The van der Waals surface area contributed by atoms with Crippen LogP contribution in [-0.2, 0) is 0 Å². The monoisotopic (exact) mass is 265 g/mol. The molecule has 0 fully saturated rings. The molecular weight excluding hydrogens is 238 g/mol. The van der Waals surface area contributed by atoms with Crippen molar-refractivity contribution in [3.63, 3.8) is 0 Å². The van der Waals surface area contributed by atoms with Crippen molar-refractivity contribution in [2.24, 2.45) is 17.8 Å². The predicted octanol–water partition coefficient (Wildman–Crippen LogP) is 3.68. The van der Waals surface area contributed by atoms with E-state index >= 15 is 0 Å². The number of benzene rings is 1. The Hall–Kier alpha value is -1.22. The van der Waals surface area contributed by atoms with Crippen LogP contribution in [0.25, 0.3) is 0 Å². The van der Waals surface area contributed by atoms with E-state index in [2.05, 4.69) is 33.0 Å². The zero-order valence-electron chi connectivity index (χ0n) is 12.6. The molecule has 3 heteroatoms. The second kappa shape index (κ2) is 6.80. The number of hydrogen-bond donors (Lipinski definition) is 3. The van der Waals surface area contributed by atoms with Crippen molar-refractivity contribution in [1.82, 2.24) is 5.32 Å². The molecule has 3 N–H and O–H groups in total. The van der Waals surface area contributed by atoms with Crippen LogP contribution >= 0.6 is 0 Å². The summed E-state index contributed by atoms with van der Waals surface area (Å²) in [6.45, 7) is 11.9. The molecule has 0 amide bonds. The van der Waals surface area contributed by atoms with Gasteiger partial charge >= 0.3 is 0 Å². The van der Waals surface area contributed by atoms with Crippen molar-refractivity contribution in [1.29, 1.82) is 0 Å². The number of phenolic OH excluding ortho intramolecular Hbond substituents is 2. The SMILES string of the molecule is CC(NCC(C(C)C)C(C)C)c1cc(O)ccc1O. The summed E-state index contributed by atoms with van der Waals surface area (Å²) in [4.78, 5) is 0. The van der Waals surface area contributed by atoms with Gasteiger partial charge in [0, 0.05) is 11.6 Å². The highest BCUT2D eigenvalue weighted by atomic mass is 16.3. The normalized spacial score (nSPS) is 13.5. The summed E-state index contributed by atoms with van der Waals surface area (Å²) >= 11 is 0. The first-order valence-electron chi connectivity index (χ1n) is 7.08. The quantitative estimate of drug-likeness (QED) is 0.688. The number of phenols is 2. The summed E-state index contributed by atoms with van der Waals surface area (Å²) in [7, 11) is 0. The Labute approximate surface area is 116 Å². The van der Waals surface area contributed by atoms with Crippen LogP contribution in [0.3, 0.4) is 0 Å². The van der Waals surface area contributed by atoms with Crippen molar-refractivity contribution < 1.29 is 10.2 Å². The highest BCUT2D eigenvalue weighted by molar-refractivity contribution is 5.40. The summed E-state index contributed by atoms with van der Waals surface area (Å²) in [6, 6.07) is 4.67. The van der Waals surface area contributed by atoms with Gasteiger partial charge in [-0.05, 0) is 49.4 Å². The van der Waals surface area contributed by atoms with Gasteiger partial charge in [0.15, 0.2) is 0 Å². The molecule has 1 atom stereocenters. The standard InChI is InChI=1S/C16H27NO2/c1-10(2)15(11(3)4)9-17-12(5)14-8-13(18)6-7-16(14)19/h6-8,10-12,15,17-19H,9H2,1-5H3. The van der Waals surface area contributed by atoms with E-state index in [1.54, 1.807) is 6.07 Å². The Bertz CT molecular complexity index is 394. The van der Waals surface area contributed by atoms with Crippen LogP contribution in [0.15, 0.2) is 18.2 Å². The van der Waals surface area contributed by atoms with Gasteiger partial charge in [0.25, 0.3) is 0 Å². The largest absolute Gasteiger partial charge is 0.508 e. The highest BCUT2D eigenvalue weighted by Crippen LogP contribution is 2.28. The van der Waals surface area contributed by atoms with E-state index < -0.39 is 0 Å². The molecule has 0 spiro atoms. The molecule has 3 nitrogen and oxygen atoms in total. The molecule has 1 rings (SSSR count). The lowest BCUT2D eigenvalue weighted by Crippen LogP contribution is -2.31. The van der Waals surface area contributed by atoms with Gasteiger partial charge in [0.05, 0.1) is 0 Å². The molecule has 108 valence electrons. The molecule has 0 aliphatic rings. The Morgan fingerprint density at radius 1 is 1.00 bits per heavy atom. The summed E-state index contributed by atoms with van der Waals surface area (Å²) in [5, 5.41) is 22.8. The van der Waals surface area contributed by atoms with E-state index in [1.807, 2.05) is 6.92 Å². The molecular formula is C16H27NO2. The molecule has 0 saturated heterocycles. The van der Waals surface area contributed by atoms with E-state index in [0.29, 0.717) is 17.8 Å². The van der Waals surface area contributed by atoms with E-state index in [9.17, 15) is 10.2 Å². The molecule has 0 radical (unpaired) electrons. The third kappa shape index (κ3) is 4.43. The van der Waals surface area contributed by atoms with Crippen LogP contribution < -0.4 is 5.32 Å². The lowest BCUT2D eigenvalue weighted by Gasteiger charge is -2.27. The van der Waals surface area contributed by atoms with Gasteiger partial charge in [-0.15, -0.1) is 0 Å². The molecule has 0 bridgehead atoms. The number of aromatic hydroxyl groups is 2. The summed E-state index contributed by atoms with van der Waals surface area (Å²) < 4.78 is 0. The van der Waals surface area contributed by atoms with Crippen molar-refractivity contribution in [2.45, 2.75) is 40.7 Å². The fourth-order valence-electron chi connectivity index (χ4n) is 2.55. The van der Waals surface area contributed by atoms with Crippen LogP contribution in [0.2, 0.25) is 0 Å². The maximum atomic E-state index is 9.84. The molecule has 0 heterocycles. The topological polar surface area (TPSA) is 52.5 Å². The molecule has 1 aromatic rings. The Kier molecular flexibility index (Phi) is 5.67. The van der Waals surface area contributed by atoms with Crippen LogP contribution in [0.1, 0.15) is 46.2 Å². The van der Waals surface area contributed by atoms with Gasteiger partial charge in [-0.1, -0.05) is 27.7 Å². The zero-order chi connectivity index (χ0) is 14.6. The van der Waals surface area contributed by atoms with Crippen LogP contribution in [0.5, 0.6) is 11.5 Å². The Morgan fingerprint density at radius 2 is 1.58 bits per heavy atom. The Balaban J connectivity index is 2.69. The Morgan fingerprint density at radius 3 is 2.11 bits per heavy atom. The van der Waals surface area contributed by atoms with Crippen LogP contribution in [0, 0.1) is 17.8 Å². The minimum absolute atomic E-state index is 0.0205. The van der Waals surface area contributed by atoms with E-state index in [0.717, 1.165) is 12.1 Å². The maximum Gasteiger partial charge on any atom is 0.120 e. The second-order valence-electron chi connectivity index (χ2n) is 6.02. The smallest absolute Gasteiger partial charge is 0.120 e. The van der Waals surface area contributed by atoms with E-state index in [-0.39, 0.29) is 17.5 Å². The van der Waals surface area contributed by atoms with Gasteiger partial charge < -0.3 is 15.5 Å². The van der Waals surface area contributed by atoms with Gasteiger partial charge in [-0.3, -0.25) is 0 Å². The first-order valence-corrected chi connectivity index (χ1v) is 7.08. The van der Waals surface area contributed by atoms with Crippen molar-refractivity contribution in [3.8, 4) is 11.5 Å². The first kappa shape index (κ1) is 15.8. The number of rotatable bonds is 6. The zero-order valence-corrected chi connectivity index (χ0v) is 12.6. The van der Waals surface area contributed by atoms with Gasteiger partial charge in [0.1, 0.15) is 11.5 Å². The minimum Gasteiger partial charge on any atom is -0.508 e. The third-order valence-electron chi connectivity index (χ3n) is 3.85. The van der Waals surface area contributed by atoms with Crippen molar-refractivity contribution in [3.05, 3.63) is 23.8 Å². The minimum atomic E-state index is 0.0205. The third-order valence-corrected chi connectivity index (χ3v) is 3.85. The maximum absolute atomic E-state index is 9.84. The molecule has 0 aliphatic heterocycles. The van der Waals surface area contributed by atoms with E-state index in [4.69, 9.17) is 0 Å². The molecule has 0 saturated carbocycles. The average Bonchev–Trinajstić information content (AvgIpc) is 2.31. The molecule has 0 aromatic heterocycles. The predicted molar refractivity (Wildman–Crippen MR) is 79.4 cm³/mol. The summed E-state index contributed by atoms with van der Waals surface area (Å²) in [5.74, 6) is 2.26. The first-order chi connectivity index (χ1) is 8.82. The molecule has 19 heavy (non-hydrogen) atoms. The fraction of sp³-hybridized carbons (Fsp3) is 0.625. The molecule has 1 unspecified atom stereocenters. The van der Waals surface area contributed by atoms with Crippen LogP contribution in [0.4, 0.5) is 0 Å². The number of nitrogens with one attached hydrogen (secondary N) is 1. The fourth-order valence-corrected chi connectivity index (χ4v) is 2.55. The van der Waals surface area contributed by atoms with Crippen LogP contribution in [-0.4, -0.2) is 16.8 Å². The van der Waals surface area contributed by atoms with Gasteiger partial charge in [0.2, 0.25) is 0 Å². The van der Waals surface area contributed by atoms with Gasteiger partial charge in [-0.25, -0.2) is 0 Å². The molecule has 0 aliphatic carbocycles. The molecule has 1 aromatic carbocycles. The van der Waals surface area contributed by atoms with Gasteiger partial charge in [-0.2, -0.15) is 0 Å². The summed E-state index contributed by atoms with van der Waals surface area (Å²) in [5.41, 5.74) is 0.742. The second-order valence-corrected chi connectivity index (χ2v) is 6.02. The van der Waals surface area contributed by atoms with Crippen molar-refractivity contribution in [2.75, 3.05) is 6.54 Å². The number of hydrogen-bond acceptors (Lipinski definition) is 3. The lowest BCUT2D eigenvalue weighted by molar-refractivity contribution is 0.267. The van der Waals surface area contributed by atoms with E-state index in [1.165, 1.54) is 12.1 Å². The average molecular weight is 265 g/mol. The van der Waals surface area contributed by atoms with Crippen molar-refractivity contribution >= 4 is 0 Å². The lowest BCUT2D eigenvalue weighted by atomic mass is 9.85. The highest BCUT2D eigenvalue weighted by Gasteiger charge is 2.19.